The molecule has 0 spiro atoms. The van der Waals surface area contributed by atoms with Gasteiger partial charge in [-0.15, -0.1) is 0 Å². The Hall–Kier alpha value is -2.25. The van der Waals surface area contributed by atoms with Crippen LogP contribution in [0.2, 0.25) is 0 Å². The van der Waals surface area contributed by atoms with Crippen molar-refractivity contribution in [1.82, 2.24) is 0 Å². The molecule has 0 unspecified atom stereocenters. The predicted molar refractivity (Wildman–Crippen MR) is 130 cm³/mol. The van der Waals surface area contributed by atoms with Gasteiger partial charge in [-0.05, 0) is 0 Å². The fraction of sp³-hybridized carbons (Fsp3) is 0.0769. The molecule has 0 saturated heterocycles. The second kappa shape index (κ2) is 8.24. The summed E-state index contributed by atoms with van der Waals surface area (Å²) < 4.78 is 0. The van der Waals surface area contributed by atoms with Crippen molar-refractivity contribution < 1.29 is 5.11 Å². The van der Waals surface area contributed by atoms with Crippen LogP contribution in [0.3, 0.4) is 0 Å². The first-order chi connectivity index (χ1) is 14.1. The van der Waals surface area contributed by atoms with Gasteiger partial charge < -0.3 is 0 Å². The standard InChI is InChI=1S/C26H24BrOP/c27-29(24-10-4-1-5-11-24,25-12-6-2-7-13-25,26-14-8-3-9-15-26)21-23-18-16-22(20-28)17-19-23/h1-19,28H,20-21H2. The minimum absolute atomic E-state index is 0.0637. The van der Waals surface area contributed by atoms with E-state index in [9.17, 15) is 5.11 Å². The Labute approximate surface area is 180 Å². The molecule has 4 aromatic carbocycles. The SMILES string of the molecule is OCc1ccc(CP(Br)(c2ccccc2)(c2ccccc2)c2ccccc2)cc1. The molecule has 0 saturated carbocycles. The quantitative estimate of drug-likeness (QED) is 0.374. The van der Waals surface area contributed by atoms with Crippen LogP contribution >= 0.6 is 20.8 Å². The maximum absolute atomic E-state index is 9.44. The van der Waals surface area contributed by atoms with Crippen LogP contribution < -0.4 is 15.9 Å². The molecule has 3 heteroatoms. The van der Waals surface area contributed by atoms with Gasteiger partial charge in [-0.3, -0.25) is 0 Å². The van der Waals surface area contributed by atoms with E-state index >= 15 is 0 Å². The zero-order chi connectivity index (χ0) is 20.2. The third kappa shape index (κ3) is 3.57. The molecular formula is C26H24BrOP. The van der Waals surface area contributed by atoms with Crippen molar-refractivity contribution in [2.75, 3.05) is 0 Å². The zero-order valence-corrected chi connectivity index (χ0v) is 18.6. The Kier molecular flexibility index (Phi) is 5.69. The average Bonchev–Trinajstić information content (AvgIpc) is 2.81. The Bertz CT molecular complexity index is 965. The number of halogens is 1. The number of rotatable bonds is 6. The zero-order valence-electron chi connectivity index (χ0n) is 16.2. The molecule has 0 heterocycles. The molecule has 0 bridgehead atoms. The summed E-state index contributed by atoms with van der Waals surface area (Å²) in [7, 11) is 0. The molecule has 4 aromatic rings. The van der Waals surface area contributed by atoms with Crippen LogP contribution in [0.15, 0.2) is 115 Å². The van der Waals surface area contributed by atoms with Gasteiger partial charge in [0, 0.05) is 0 Å². The van der Waals surface area contributed by atoms with Crippen molar-refractivity contribution >= 4 is 36.7 Å². The van der Waals surface area contributed by atoms with Crippen LogP contribution in [-0.2, 0) is 12.8 Å². The number of hydrogen-bond donors (Lipinski definition) is 1. The van der Waals surface area contributed by atoms with Crippen LogP contribution in [0, 0.1) is 0 Å². The normalized spacial score (nSPS) is 12.8. The van der Waals surface area contributed by atoms with E-state index in [1.54, 1.807) is 0 Å². The summed E-state index contributed by atoms with van der Waals surface area (Å²) in [5.41, 5.74) is 2.18. The van der Waals surface area contributed by atoms with Gasteiger partial charge in [0.05, 0.1) is 0 Å². The topological polar surface area (TPSA) is 20.2 Å². The fourth-order valence-electron chi connectivity index (χ4n) is 4.03. The molecule has 0 atom stereocenters. The average molecular weight is 463 g/mol. The van der Waals surface area contributed by atoms with Gasteiger partial charge >= 0.3 is 181 Å². The summed E-state index contributed by atoms with van der Waals surface area (Å²) in [4.78, 5) is 0. The third-order valence-corrected chi connectivity index (χ3v) is 15.1. The summed E-state index contributed by atoms with van der Waals surface area (Å²) in [6.45, 7) is 0.0637. The summed E-state index contributed by atoms with van der Waals surface area (Å²) in [6.07, 6.45) is 0.856. The van der Waals surface area contributed by atoms with E-state index in [0.717, 1.165) is 11.7 Å². The van der Waals surface area contributed by atoms with Gasteiger partial charge in [-0.1, -0.05) is 0 Å². The second-order valence-electron chi connectivity index (χ2n) is 7.32. The van der Waals surface area contributed by atoms with Gasteiger partial charge in [-0.25, -0.2) is 0 Å². The molecule has 0 fully saturated rings. The Morgan fingerprint density at radius 1 is 0.517 bits per heavy atom. The van der Waals surface area contributed by atoms with E-state index in [1.165, 1.54) is 21.5 Å². The molecule has 1 N–H and O–H groups in total. The van der Waals surface area contributed by atoms with E-state index in [4.69, 9.17) is 0 Å². The summed E-state index contributed by atoms with van der Waals surface area (Å²) in [5.74, 6) is 0. The maximum atomic E-state index is 9.44. The first kappa shape index (κ1) is 20.0. The van der Waals surface area contributed by atoms with Crippen molar-refractivity contribution in [2.24, 2.45) is 0 Å². The third-order valence-electron chi connectivity index (χ3n) is 5.57. The monoisotopic (exact) mass is 462 g/mol. The van der Waals surface area contributed by atoms with Crippen LogP contribution in [0.5, 0.6) is 0 Å². The molecule has 0 radical (unpaired) electrons. The van der Waals surface area contributed by atoms with Gasteiger partial charge in [0.25, 0.3) is 0 Å². The Balaban J connectivity index is 2.03. The molecule has 0 aliphatic heterocycles. The van der Waals surface area contributed by atoms with E-state index in [2.05, 4.69) is 119 Å². The minimum atomic E-state index is -2.96. The van der Waals surface area contributed by atoms with Crippen molar-refractivity contribution in [3.63, 3.8) is 0 Å². The predicted octanol–water partition coefficient (Wildman–Crippen LogP) is 5.52. The van der Waals surface area contributed by atoms with Crippen molar-refractivity contribution in [2.45, 2.75) is 12.8 Å². The number of aliphatic hydroxyl groups is 1. The number of hydrogen-bond acceptors (Lipinski definition) is 1. The molecular weight excluding hydrogens is 439 g/mol. The van der Waals surface area contributed by atoms with E-state index in [-0.39, 0.29) is 6.61 Å². The van der Waals surface area contributed by atoms with Crippen LogP contribution in [-0.4, -0.2) is 5.11 Å². The first-order valence-electron chi connectivity index (χ1n) is 9.73. The van der Waals surface area contributed by atoms with Crippen molar-refractivity contribution in [3.8, 4) is 0 Å². The molecule has 4 rings (SSSR count). The van der Waals surface area contributed by atoms with Crippen molar-refractivity contribution in [3.05, 3.63) is 126 Å². The molecule has 29 heavy (non-hydrogen) atoms. The Morgan fingerprint density at radius 3 is 1.21 bits per heavy atom. The van der Waals surface area contributed by atoms with Crippen LogP contribution in [0.1, 0.15) is 11.1 Å². The van der Waals surface area contributed by atoms with E-state index < -0.39 is 5.31 Å². The van der Waals surface area contributed by atoms with Gasteiger partial charge in [0.2, 0.25) is 0 Å². The van der Waals surface area contributed by atoms with Gasteiger partial charge in [0.15, 0.2) is 0 Å². The molecule has 146 valence electrons. The Morgan fingerprint density at radius 2 is 0.862 bits per heavy atom. The van der Waals surface area contributed by atoms with Crippen LogP contribution in [0.4, 0.5) is 0 Å². The molecule has 0 aliphatic rings. The summed E-state index contributed by atoms with van der Waals surface area (Å²) in [6, 6.07) is 40.8. The first-order valence-corrected chi connectivity index (χ1v) is 14.2. The number of benzene rings is 4. The fourth-order valence-corrected chi connectivity index (χ4v) is 11.7. The van der Waals surface area contributed by atoms with Crippen LogP contribution in [0.25, 0.3) is 0 Å². The molecule has 0 amide bonds. The van der Waals surface area contributed by atoms with E-state index in [0.29, 0.717) is 0 Å². The van der Waals surface area contributed by atoms with Crippen molar-refractivity contribution in [1.29, 1.82) is 0 Å². The molecule has 1 nitrogen and oxygen atoms in total. The van der Waals surface area contributed by atoms with Gasteiger partial charge in [0.1, 0.15) is 0 Å². The van der Waals surface area contributed by atoms with Gasteiger partial charge in [-0.2, -0.15) is 0 Å². The molecule has 0 aliphatic carbocycles. The van der Waals surface area contributed by atoms with E-state index in [1.807, 2.05) is 12.1 Å². The second-order valence-corrected chi connectivity index (χ2v) is 16.2. The number of aliphatic hydroxyl groups excluding tert-OH is 1. The summed E-state index contributed by atoms with van der Waals surface area (Å²) in [5, 5.41) is 10.4. The summed E-state index contributed by atoms with van der Waals surface area (Å²) >= 11 is 4.47. The molecule has 0 aromatic heterocycles.